The largest absolute Gasteiger partial charge is 0.400 e. The van der Waals surface area contributed by atoms with Crippen molar-refractivity contribution in [3.63, 3.8) is 0 Å². The van der Waals surface area contributed by atoms with Gasteiger partial charge in [0.15, 0.2) is 5.78 Å². The van der Waals surface area contributed by atoms with Crippen LogP contribution in [0.25, 0.3) is 0 Å². The Bertz CT molecular complexity index is 852. The molecule has 1 aliphatic rings. The summed E-state index contributed by atoms with van der Waals surface area (Å²) in [5.74, 6) is -0.687. The minimum Gasteiger partial charge on any atom is -0.400 e. The molecule has 30 heavy (non-hydrogen) atoms. The van der Waals surface area contributed by atoms with Crippen molar-refractivity contribution in [1.82, 2.24) is 5.32 Å². The van der Waals surface area contributed by atoms with Gasteiger partial charge in [0.05, 0.1) is 16.1 Å². The normalized spacial score (nSPS) is 12.0. The van der Waals surface area contributed by atoms with E-state index in [9.17, 15) is 14.0 Å². The van der Waals surface area contributed by atoms with Crippen molar-refractivity contribution in [3.05, 3.63) is 45.6 Å². The lowest BCUT2D eigenvalue weighted by atomic mass is 9.94. The first-order valence-corrected chi connectivity index (χ1v) is 10.9. The molecule has 8 heteroatoms. The molecule has 6 nitrogen and oxygen atoms in total. The average Bonchev–Trinajstić information content (AvgIpc) is 3.13. The van der Waals surface area contributed by atoms with Crippen LogP contribution in [0.3, 0.4) is 0 Å². The van der Waals surface area contributed by atoms with Crippen LogP contribution in [0.4, 0.5) is 15.1 Å². The van der Waals surface area contributed by atoms with Gasteiger partial charge in [0.25, 0.3) is 5.91 Å². The average molecular weight is 439 g/mol. The van der Waals surface area contributed by atoms with Crippen LogP contribution in [-0.2, 0) is 6.42 Å². The summed E-state index contributed by atoms with van der Waals surface area (Å²) in [4.78, 5) is 25.5. The molecule has 0 atom stereocenters. The van der Waals surface area contributed by atoms with Crippen LogP contribution in [0.15, 0.2) is 18.2 Å². The van der Waals surface area contributed by atoms with E-state index in [1.807, 2.05) is 13.8 Å². The number of rotatable bonds is 6. The summed E-state index contributed by atoms with van der Waals surface area (Å²) in [7, 11) is 1.00. The molecule has 2 aromatic rings. The van der Waals surface area contributed by atoms with Gasteiger partial charge < -0.3 is 20.8 Å². The highest BCUT2D eigenvalue weighted by Gasteiger charge is 2.29. The van der Waals surface area contributed by atoms with Crippen LogP contribution >= 0.6 is 11.3 Å². The van der Waals surface area contributed by atoms with Crippen molar-refractivity contribution in [2.24, 2.45) is 0 Å². The molecular formula is C22H31FN2O4S. The molecule has 0 radical (unpaired) electrons. The fourth-order valence-corrected chi connectivity index (χ4v) is 4.24. The molecule has 4 N–H and O–H groups in total. The molecule has 0 bridgehead atoms. The van der Waals surface area contributed by atoms with Crippen molar-refractivity contribution in [3.8, 4) is 0 Å². The molecule has 1 aromatic carbocycles. The lowest BCUT2D eigenvalue weighted by Crippen LogP contribution is -2.26. The maximum atomic E-state index is 14.2. The van der Waals surface area contributed by atoms with Gasteiger partial charge in [-0.05, 0) is 49.4 Å². The Labute approximate surface area is 181 Å². The Kier molecular flexibility index (Phi) is 11.2. The molecule has 0 saturated heterocycles. The lowest BCUT2D eigenvalue weighted by molar-refractivity contribution is 0.0951. The molecule has 1 heterocycles. The predicted octanol–water partition coefficient (Wildman–Crippen LogP) is 4.21. The highest BCUT2D eigenvalue weighted by molar-refractivity contribution is 7.18. The molecule has 0 unspecified atom stereocenters. The Morgan fingerprint density at radius 2 is 1.93 bits per heavy atom. The third-order valence-electron chi connectivity index (χ3n) is 4.31. The van der Waals surface area contributed by atoms with Gasteiger partial charge in [-0.2, -0.15) is 0 Å². The van der Waals surface area contributed by atoms with Crippen LogP contribution in [0.2, 0.25) is 0 Å². The second-order valence-corrected chi connectivity index (χ2v) is 7.35. The van der Waals surface area contributed by atoms with Crippen LogP contribution in [0.1, 0.15) is 64.3 Å². The molecule has 1 amide bonds. The number of thiophene rings is 1. The summed E-state index contributed by atoms with van der Waals surface area (Å²) in [6, 6.07) is 4.83. The number of hydrogen-bond donors (Lipinski definition) is 4. The third kappa shape index (κ3) is 6.35. The van der Waals surface area contributed by atoms with Crippen LogP contribution in [0.5, 0.6) is 0 Å². The monoisotopic (exact) mass is 438 g/mol. The van der Waals surface area contributed by atoms with Crippen molar-refractivity contribution in [2.75, 3.05) is 25.6 Å². The Morgan fingerprint density at radius 3 is 2.57 bits per heavy atom. The Balaban J connectivity index is 0.00000106. The van der Waals surface area contributed by atoms with E-state index < -0.39 is 5.82 Å². The number of nitrogens with one attached hydrogen (secondary N) is 2. The van der Waals surface area contributed by atoms with E-state index in [0.717, 1.165) is 18.2 Å². The molecular weight excluding hydrogens is 407 g/mol. The van der Waals surface area contributed by atoms with Crippen LogP contribution in [0, 0.1) is 12.7 Å². The van der Waals surface area contributed by atoms with Gasteiger partial charge in [-0.1, -0.05) is 19.9 Å². The van der Waals surface area contributed by atoms with E-state index in [1.165, 1.54) is 17.4 Å². The van der Waals surface area contributed by atoms with Crippen molar-refractivity contribution >= 4 is 33.7 Å². The quantitative estimate of drug-likeness (QED) is 0.507. The number of carbonyl (C=O) groups excluding carboxylic acids is 2. The third-order valence-corrected chi connectivity index (χ3v) is 5.50. The number of hydrogen-bond acceptors (Lipinski definition) is 6. The Hall–Kier alpha value is -2.29. The van der Waals surface area contributed by atoms with Crippen molar-refractivity contribution < 1.29 is 24.2 Å². The molecule has 1 aliphatic carbocycles. The summed E-state index contributed by atoms with van der Waals surface area (Å²) < 4.78 is 14.2. The maximum absolute atomic E-state index is 14.2. The van der Waals surface area contributed by atoms with Crippen LogP contribution in [-0.4, -0.2) is 42.2 Å². The topological polar surface area (TPSA) is 98.7 Å². The lowest BCUT2D eigenvalue weighted by Gasteiger charge is -2.13. The number of fused-ring (bicyclic) bond motifs is 1. The number of Topliss-reactive ketones (excluding diaryl/α,β-unsaturated/α-hetero) is 1. The van der Waals surface area contributed by atoms with Gasteiger partial charge >= 0.3 is 0 Å². The molecule has 0 fully saturated rings. The minimum absolute atomic E-state index is 0.0137. The van der Waals surface area contributed by atoms with Gasteiger partial charge in [0.1, 0.15) is 10.8 Å². The number of aliphatic hydroxyl groups excluding tert-OH is 2. The number of anilines is 2. The number of aryl methyl sites for hydroxylation is 1. The van der Waals surface area contributed by atoms with E-state index in [-0.39, 0.29) is 24.0 Å². The number of benzene rings is 1. The standard InChI is InChI=1S/C19H21FN2O3S.C2H6.CH4O/c1-11-6-7-14(13(20)10-11)22-19-16(18(25)21-8-3-9-23)12-4-2-5-15(24)17(12)26-19;2*1-2/h6-7,10,22-23H,2-5,8-9H2,1H3,(H,21,25);1-2H3;2H,1H3. The molecule has 0 saturated carbocycles. The van der Waals surface area contributed by atoms with Gasteiger partial charge in [0, 0.05) is 26.7 Å². The summed E-state index contributed by atoms with van der Waals surface area (Å²) in [5, 5.41) is 22.1. The summed E-state index contributed by atoms with van der Waals surface area (Å²) >= 11 is 1.21. The second-order valence-electron chi connectivity index (χ2n) is 6.33. The number of aliphatic hydroxyl groups is 2. The van der Waals surface area contributed by atoms with Gasteiger partial charge in [-0.3, -0.25) is 9.59 Å². The van der Waals surface area contributed by atoms with E-state index in [2.05, 4.69) is 10.6 Å². The van der Waals surface area contributed by atoms with Crippen molar-refractivity contribution in [2.45, 2.75) is 46.5 Å². The summed E-state index contributed by atoms with van der Waals surface area (Å²) in [5.41, 5.74) is 2.22. The first kappa shape index (κ1) is 25.7. The zero-order chi connectivity index (χ0) is 22.7. The maximum Gasteiger partial charge on any atom is 0.254 e. The fourth-order valence-electron chi connectivity index (χ4n) is 3.01. The van der Waals surface area contributed by atoms with E-state index in [1.54, 1.807) is 19.1 Å². The van der Waals surface area contributed by atoms with Crippen LogP contribution < -0.4 is 10.6 Å². The second kappa shape index (κ2) is 13.1. The van der Waals surface area contributed by atoms with E-state index in [0.29, 0.717) is 47.7 Å². The smallest absolute Gasteiger partial charge is 0.254 e. The SMILES string of the molecule is CC.CO.Cc1ccc(Nc2sc3c(c2C(=O)NCCCO)CCCC3=O)c(F)c1. The fraction of sp³-hybridized carbons (Fsp3) is 0.455. The zero-order valence-electron chi connectivity index (χ0n) is 18.0. The predicted molar refractivity (Wildman–Crippen MR) is 120 cm³/mol. The molecule has 166 valence electrons. The summed E-state index contributed by atoms with van der Waals surface area (Å²) in [6.45, 7) is 6.13. The molecule has 1 aromatic heterocycles. The number of ketones is 1. The van der Waals surface area contributed by atoms with E-state index in [4.69, 9.17) is 10.2 Å². The first-order valence-electron chi connectivity index (χ1n) is 10.1. The Morgan fingerprint density at radius 1 is 1.23 bits per heavy atom. The molecule has 0 spiro atoms. The number of halogens is 1. The minimum atomic E-state index is -0.408. The van der Waals surface area contributed by atoms with Gasteiger partial charge in [0.2, 0.25) is 0 Å². The number of carbonyl (C=O) groups is 2. The van der Waals surface area contributed by atoms with Crippen molar-refractivity contribution in [1.29, 1.82) is 0 Å². The summed E-state index contributed by atoms with van der Waals surface area (Å²) in [6.07, 6.45) is 2.28. The van der Waals surface area contributed by atoms with Gasteiger partial charge in [-0.15, -0.1) is 11.3 Å². The highest BCUT2D eigenvalue weighted by Crippen LogP contribution is 2.39. The zero-order valence-corrected chi connectivity index (χ0v) is 18.8. The number of amides is 1. The van der Waals surface area contributed by atoms with Gasteiger partial charge in [-0.25, -0.2) is 4.39 Å². The first-order chi connectivity index (χ1) is 14.5. The molecule has 3 rings (SSSR count). The van der Waals surface area contributed by atoms with E-state index >= 15 is 0 Å². The highest BCUT2D eigenvalue weighted by atomic mass is 32.1. The molecule has 0 aliphatic heterocycles.